The second-order valence-electron chi connectivity index (χ2n) is 7.11. The Hall–Kier alpha value is -1.95. The third kappa shape index (κ3) is 2.61. The summed E-state index contributed by atoms with van der Waals surface area (Å²) < 4.78 is 11.4. The first kappa shape index (κ1) is 14.6. The lowest BCUT2D eigenvalue weighted by Gasteiger charge is -2.37. The average molecular weight is 318 g/mol. The third-order valence-corrected chi connectivity index (χ3v) is 4.85. The Morgan fingerprint density at radius 1 is 1.22 bits per heavy atom. The van der Waals surface area contributed by atoms with Crippen molar-refractivity contribution in [2.75, 3.05) is 5.32 Å². The second kappa shape index (κ2) is 5.03. The van der Waals surface area contributed by atoms with Crippen molar-refractivity contribution < 1.29 is 19.4 Å². The molecule has 2 fully saturated rings. The highest BCUT2D eigenvalue weighted by molar-refractivity contribution is 5.90. The Morgan fingerprint density at radius 3 is 2.57 bits per heavy atom. The summed E-state index contributed by atoms with van der Waals surface area (Å²) in [5.41, 5.74) is 0.695. The van der Waals surface area contributed by atoms with Crippen molar-refractivity contribution in [3.8, 4) is 11.5 Å². The van der Waals surface area contributed by atoms with Crippen molar-refractivity contribution in [2.24, 2.45) is 0 Å². The number of rotatable bonds is 1. The molecule has 0 aliphatic carbocycles. The van der Waals surface area contributed by atoms with E-state index >= 15 is 0 Å². The van der Waals surface area contributed by atoms with E-state index in [0.717, 1.165) is 12.8 Å². The maximum absolute atomic E-state index is 12.6. The molecule has 3 heterocycles. The van der Waals surface area contributed by atoms with E-state index in [1.807, 2.05) is 30.9 Å². The van der Waals surface area contributed by atoms with Gasteiger partial charge in [-0.25, -0.2) is 4.79 Å². The molecule has 0 saturated carbocycles. The second-order valence-corrected chi connectivity index (χ2v) is 7.11. The predicted octanol–water partition coefficient (Wildman–Crippen LogP) is 2.71. The van der Waals surface area contributed by atoms with Gasteiger partial charge in [0.25, 0.3) is 0 Å². The first-order valence-electron chi connectivity index (χ1n) is 8.21. The zero-order chi connectivity index (χ0) is 16.2. The van der Waals surface area contributed by atoms with Crippen LogP contribution in [-0.2, 0) is 0 Å². The molecule has 2 bridgehead atoms. The van der Waals surface area contributed by atoms with Crippen LogP contribution in [0.3, 0.4) is 0 Å². The van der Waals surface area contributed by atoms with E-state index in [4.69, 9.17) is 9.47 Å². The number of anilines is 1. The average Bonchev–Trinajstić information content (AvgIpc) is 2.91. The van der Waals surface area contributed by atoms with E-state index in [-0.39, 0.29) is 24.2 Å². The zero-order valence-electron chi connectivity index (χ0n) is 13.4. The van der Waals surface area contributed by atoms with Crippen LogP contribution in [0.25, 0.3) is 0 Å². The van der Waals surface area contributed by atoms with Crippen LogP contribution < -0.4 is 14.8 Å². The van der Waals surface area contributed by atoms with Crippen LogP contribution in [-0.4, -0.2) is 40.0 Å². The molecule has 6 heteroatoms. The van der Waals surface area contributed by atoms with Gasteiger partial charge in [0.2, 0.25) is 5.79 Å². The fraction of sp³-hybridized carbons (Fsp3) is 0.588. The molecule has 4 rings (SSSR count). The lowest BCUT2D eigenvalue weighted by molar-refractivity contribution is -0.0431. The molecule has 3 aliphatic rings. The number of carbonyl (C=O) groups is 1. The summed E-state index contributed by atoms with van der Waals surface area (Å²) in [6.07, 6.45) is 3.04. The number of fused-ring (bicyclic) bond motifs is 3. The van der Waals surface area contributed by atoms with Crippen LogP contribution in [0.15, 0.2) is 18.2 Å². The van der Waals surface area contributed by atoms with Gasteiger partial charge in [-0.1, -0.05) is 0 Å². The van der Waals surface area contributed by atoms with Gasteiger partial charge in [-0.05, 0) is 37.8 Å². The summed E-state index contributed by atoms with van der Waals surface area (Å²) in [6.45, 7) is 3.70. The molecule has 3 aliphatic heterocycles. The molecule has 2 atom stereocenters. The molecular weight excluding hydrogens is 296 g/mol. The summed E-state index contributed by atoms with van der Waals surface area (Å²) in [5, 5.41) is 12.8. The predicted molar refractivity (Wildman–Crippen MR) is 84.7 cm³/mol. The molecular formula is C17H22N2O4. The fourth-order valence-corrected chi connectivity index (χ4v) is 3.97. The molecule has 1 aromatic carbocycles. The number of nitrogens with one attached hydrogen (secondary N) is 1. The number of benzene rings is 1. The van der Waals surface area contributed by atoms with Crippen LogP contribution in [0.2, 0.25) is 0 Å². The largest absolute Gasteiger partial charge is 0.449 e. The van der Waals surface area contributed by atoms with E-state index in [0.29, 0.717) is 30.0 Å². The minimum absolute atomic E-state index is 0.0949. The molecule has 2 unspecified atom stereocenters. The number of hydrogen-bond acceptors (Lipinski definition) is 4. The summed E-state index contributed by atoms with van der Waals surface area (Å²) in [5.74, 6) is 0.659. The number of piperidine rings is 1. The highest BCUT2D eigenvalue weighted by atomic mass is 16.7. The summed E-state index contributed by atoms with van der Waals surface area (Å²) in [4.78, 5) is 14.5. The van der Waals surface area contributed by atoms with Crippen molar-refractivity contribution in [3.05, 3.63) is 18.2 Å². The molecule has 0 aromatic heterocycles. The maximum Gasteiger partial charge on any atom is 0.322 e. The molecule has 2 N–H and O–H groups in total. The van der Waals surface area contributed by atoms with Gasteiger partial charge in [0.15, 0.2) is 11.5 Å². The molecule has 0 radical (unpaired) electrons. The van der Waals surface area contributed by atoms with Crippen molar-refractivity contribution in [1.29, 1.82) is 0 Å². The highest BCUT2D eigenvalue weighted by Crippen LogP contribution is 2.41. The standard InChI is InChI=1S/C17H22N2O4/c1-17(2)22-14-6-3-10(7-15(14)23-17)18-16(21)19-11-4-5-12(19)9-13(20)8-11/h3,6-7,11-13,20H,4-5,8-9H2,1-2H3,(H,18,21). The van der Waals surface area contributed by atoms with Crippen molar-refractivity contribution in [1.82, 2.24) is 4.90 Å². The Kier molecular flexibility index (Phi) is 3.20. The Balaban J connectivity index is 1.48. The van der Waals surface area contributed by atoms with Gasteiger partial charge in [0.1, 0.15) is 0 Å². The van der Waals surface area contributed by atoms with Gasteiger partial charge < -0.3 is 24.8 Å². The van der Waals surface area contributed by atoms with Crippen LogP contribution in [0.1, 0.15) is 39.5 Å². The summed E-state index contributed by atoms with van der Waals surface area (Å²) in [7, 11) is 0. The normalized spacial score (nSPS) is 30.4. The molecule has 6 nitrogen and oxygen atoms in total. The number of ether oxygens (including phenoxy) is 2. The maximum atomic E-state index is 12.6. The Morgan fingerprint density at radius 2 is 1.87 bits per heavy atom. The van der Waals surface area contributed by atoms with Crippen molar-refractivity contribution in [3.63, 3.8) is 0 Å². The van der Waals surface area contributed by atoms with Gasteiger partial charge in [0.05, 0.1) is 6.10 Å². The van der Waals surface area contributed by atoms with Crippen LogP contribution in [0.4, 0.5) is 10.5 Å². The number of aliphatic hydroxyl groups is 1. The molecule has 1 aromatic rings. The number of hydrogen-bond donors (Lipinski definition) is 2. The van der Waals surface area contributed by atoms with Gasteiger partial charge in [-0.15, -0.1) is 0 Å². The van der Waals surface area contributed by atoms with Crippen LogP contribution in [0, 0.1) is 0 Å². The van der Waals surface area contributed by atoms with E-state index < -0.39 is 5.79 Å². The summed E-state index contributed by atoms with van der Waals surface area (Å²) in [6, 6.07) is 5.63. The molecule has 124 valence electrons. The van der Waals surface area contributed by atoms with Crippen molar-refractivity contribution >= 4 is 11.7 Å². The minimum Gasteiger partial charge on any atom is -0.449 e. The summed E-state index contributed by atoms with van der Waals surface area (Å²) >= 11 is 0. The first-order valence-corrected chi connectivity index (χ1v) is 8.21. The Labute approximate surface area is 135 Å². The van der Waals surface area contributed by atoms with Gasteiger partial charge in [-0.2, -0.15) is 0 Å². The third-order valence-electron chi connectivity index (χ3n) is 4.85. The minimum atomic E-state index is -0.674. The fourth-order valence-electron chi connectivity index (χ4n) is 3.97. The molecule has 2 saturated heterocycles. The SMILES string of the molecule is CC1(C)Oc2ccc(NC(=O)N3C4CCC3CC(O)C4)cc2O1. The first-order chi connectivity index (χ1) is 10.9. The van der Waals surface area contributed by atoms with Gasteiger partial charge in [0, 0.05) is 37.7 Å². The lowest BCUT2D eigenvalue weighted by atomic mass is 10.0. The van der Waals surface area contributed by atoms with E-state index in [1.54, 1.807) is 6.07 Å². The monoisotopic (exact) mass is 318 g/mol. The Bertz CT molecular complexity index is 631. The van der Waals surface area contributed by atoms with Gasteiger partial charge >= 0.3 is 6.03 Å². The van der Waals surface area contributed by atoms with Gasteiger partial charge in [-0.3, -0.25) is 0 Å². The topological polar surface area (TPSA) is 71.0 Å². The molecule has 0 spiro atoms. The van der Waals surface area contributed by atoms with Crippen LogP contribution in [0.5, 0.6) is 11.5 Å². The number of nitrogens with zero attached hydrogens (tertiary/aromatic N) is 1. The number of aliphatic hydroxyl groups excluding tert-OH is 1. The van der Waals surface area contributed by atoms with E-state index in [9.17, 15) is 9.90 Å². The number of carbonyl (C=O) groups excluding carboxylic acids is 1. The number of amides is 2. The van der Waals surface area contributed by atoms with E-state index in [1.165, 1.54) is 0 Å². The zero-order valence-corrected chi connectivity index (χ0v) is 13.4. The lowest BCUT2D eigenvalue weighted by Crippen LogP contribution is -2.49. The smallest absolute Gasteiger partial charge is 0.322 e. The van der Waals surface area contributed by atoms with E-state index in [2.05, 4.69) is 5.32 Å². The quantitative estimate of drug-likeness (QED) is 0.835. The van der Waals surface area contributed by atoms with Crippen LogP contribution >= 0.6 is 0 Å². The highest BCUT2D eigenvalue weighted by Gasteiger charge is 2.43. The number of urea groups is 1. The molecule has 2 amide bonds. The van der Waals surface area contributed by atoms with Crippen molar-refractivity contribution in [2.45, 2.75) is 63.5 Å². The molecule has 23 heavy (non-hydrogen) atoms.